The normalized spacial score (nSPS) is 12.5. The summed E-state index contributed by atoms with van der Waals surface area (Å²) in [4.78, 5) is 28.6. The Morgan fingerprint density at radius 2 is 1.59 bits per heavy atom. The lowest BCUT2D eigenvalue weighted by Gasteiger charge is -2.34. The van der Waals surface area contributed by atoms with Crippen LogP contribution in [0, 0.1) is 5.82 Å². The summed E-state index contributed by atoms with van der Waals surface area (Å²) in [6.07, 6.45) is 0.239. The second-order valence-electron chi connectivity index (χ2n) is 10.4. The third-order valence-corrected chi connectivity index (χ3v) is 8.84. The molecule has 1 atom stereocenters. The molecule has 12 heteroatoms. The molecule has 0 saturated heterocycles. The highest BCUT2D eigenvalue weighted by Gasteiger charge is 2.34. The minimum atomic E-state index is -4.31. The lowest BCUT2D eigenvalue weighted by molar-refractivity contribution is -0.141. The average Bonchev–Trinajstić information content (AvgIpc) is 2.90. The van der Waals surface area contributed by atoms with Crippen molar-refractivity contribution < 1.29 is 22.4 Å². The molecule has 220 valence electrons. The summed E-state index contributed by atoms with van der Waals surface area (Å²) in [5, 5.41) is 3.16. The summed E-state index contributed by atoms with van der Waals surface area (Å²) in [5.41, 5.74) is -0.0246. The predicted octanol–water partition coefficient (Wildman–Crippen LogP) is 6.70. The molecule has 0 heterocycles. The Balaban J connectivity index is 2.10. The fourth-order valence-electron chi connectivity index (χ4n) is 4.10. The second kappa shape index (κ2) is 13.4. The Bertz CT molecular complexity index is 1520. The van der Waals surface area contributed by atoms with E-state index in [0.29, 0.717) is 10.6 Å². The van der Waals surface area contributed by atoms with Crippen LogP contribution in [-0.2, 0) is 26.2 Å². The van der Waals surface area contributed by atoms with Gasteiger partial charge in [0.15, 0.2) is 0 Å². The molecule has 3 rings (SSSR count). The zero-order valence-electron chi connectivity index (χ0n) is 23.0. The Morgan fingerprint density at radius 1 is 0.927 bits per heavy atom. The summed E-state index contributed by atoms with van der Waals surface area (Å²) in [5.74, 6) is -1.83. The molecular formula is C29H31Cl3FN3O4S. The summed E-state index contributed by atoms with van der Waals surface area (Å²) in [6.45, 7) is 6.44. The van der Waals surface area contributed by atoms with E-state index >= 15 is 0 Å². The number of sulfonamides is 1. The number of carbonyl (C=O) groups excluding carboxylic acids is 2. The highest BCUT2D eigenvalue weighted by molar-refractivity contribution is 7.92. The lowest BCUT2D eigenvalue weighted by Crippen LogP contribution is -2.55. The number of hydrogen-bond donors (Lipinski definition) is 1. The first kappa shape index (κ1) is 32.7. The largest absolute Gasteiger partial charge is 0.350 e. The van der Waals surface area contributed by atoms with Gasteiger partial charge in [0, 0.05) is 12.1 Å². The van der Waals surface area contributed by atoms with E-state index in [-0.39, 0.29) is 33.6 Å². The van der Waals surface area contributed by atoms with E-state index < -0.39 is 45.8 Å². The molecule has 3 aromatic rings. The van der Waals surface area contributed by atoms with Crippen molar-refractivity contribution in [2.24, 2.45) is 0 Å². The molecule has 0 bridgehead atoms. The quantitative estimate of drug-likeness (QED) is 0.267. The summed E-state index contributed by atoms with van der Waals surface area (Å²) >= 11 is 18.3. The number of halogens is 4. The van der Waals surface area contributed by atoms with Gasteiger partial charge < -0.3 is 10.2 Å². The topological polar surface area (TPSA) is 86.8 Å². The smallest absolute Gasteiger partial charge is 0.264 e. The highest BCUT2D eigenvalue weighted by atomic mass is 35.5. The van der Waals surface area contributed by atoms with Crippen LogP contribution in [0.1, 0.15) is 39.7 Å². The van der Waals surface area contributed by atoms with E-state index in [4.69, 9.17) is 34.8 Å². The van der Waals surface area contributed by atoms with Crippen LogP contribution in [0.5, 0.6) is 0 Å². The zero-order valence-corrected chi connectivity index (χ0v) is 26.1. The number of anilines is 1. The Hall–Kier alpha value is -2.85. The first-order valence-corrected chi connectivity index (χ1v) is 15.3. The van der Waals surface area contributed by atoms with E-state index in [1.165, 1.54) is 23.1 Å². The minimum Gasteiger partial charge on any atom is -0.350 e. The van der Waals surface area contributed by atoms with Crippen molar-refractivity contribution >= 4 is 62.3 Å². The van der Waals surface area contributed by atoms with Gasteiger partial charge in [-0.05, 0) is 75.2 Å². The number of rotatable bonds is 10. The van der Waals surface area contributed by atoms with Gasteiger partial charge >= 0.3 is 0 Å². The van der Waals surface area contributed by atoms with Gasteiger partial charge in [-0.1, -0.05) is 66.0 Å². The van der Waals surface area contributed by atoms with Crippen LogP contribution < -0.4 is 9.62 Å². The van der Waals surface area contributed by atoms with Crippen molar-refractivity contribution in [2.75, 3.05) is 10.8 Å². The molecule has 0 aliphatic heterocycles. The minimum absolute atomic E-state index is 0.0183. The SMILES string of the molecule is CCC(C(=O)NC(C)(C)C)N(Cc1ccc(Cl)c(Cl)c1)C(=O)CN(c1ccc(F)c(Cl)c1)S(=O)(=O)c1ccccc1. The van der Waals surface area contributed by atoms with Gasteiger partial charge in [-0.15, -0.1) is 0 Å². The number of nitrogens with one attached hydrogen (secondary N) is 1. The van der Waals surface area contributed by atoms with Crippen LogP contribution >= 0.6 is 34.8 Å². The monoisotopic (exact) mass is 641 g/mol. The third kappa shape index (κ3) is 8.35. The molecule has 2 amide bonds. The zero-order chi connectivity index (χ0) is 30.5. The van der Waals surface area contributed by atoms with E-state index in [9.17, 15) is 22.4 Å². The molecule has 0 fully saturated rings. The molecule has 0 radical (unpaired) electrons. The molecule has 0 aromatic heterocycles. The van der Waals surface area contributed by atoms with Gasteiger partial charge in [0.2, 0.25) is 11.8 Å². The molecular weight excluding hydrogens is 612 g/mol. The van der Waals surface area contributed by atoms with Gasteiger partial charge in [0.1, 0.15) is 18.4 Å². The fourth-order valence-corrected chi connectivity index (χ4v) is 6.02. The van der Waals surface area contributed by atoms with Gasteiger partial charge in [0.05, 0.1) is 25.7 Å². The van der Waals surface area contributed by atoms with Crippen LogP contribution in [0.4, 0.5) is 10.1 Å². The van der Waals surface area contributed by atoms with Crippen LogP contribution in [0.3, 0.4) is 0 Å². The third-order valence-electron chi connectivity index (χ3n) is 6.02. The maximum absolute atomic E-state index is 14.1. The standard InChI is InChI=1S/C29H31Cl3FN3O4S/c1-5-26(28(38)34-29(2,3)4)35(17-19-11-13-22(30)23(31)15-19)27(37)18-36(20-12-14-25(33)24(32)16-20)41(39,40)21-9-7-6-8-10-21/h6-16,26H,5,17-18H2,1-4H3,(H,34,38). The van der Waals surface area contributed by atoms with E-state index in [2.05, 4.69) is 5.32 Å². The number of amides is 2. The first-order valence-electron chi connectivity index (χ1n) is 12.7. The van der Waals surface area contributed by atoms with Crippen LogP contribution in [0.15, 0.2) is 71.6 Å². The molecule has 41 heavy (non-hydrogen) atoms. The van der Waals surface area contributed by atoms with Crippen molar-refractivity contribution in [2.45, 2.75) is 57.1 Å². The summed E-state index contributed by atoms with van der Waals surface area (Å²) in [6, 6.07) is 14.8. The van der Waals surface area contributed by atoms with E-state index in [0.717, 1.165) is 16.4 Å². The van der Waals surface area contributed by atoms with Gasteiger partial charge in [0.25, 0.3) is 10.0 Å². The maximum Gasteiger partial charge on any atom is 0.264 e. The number of nitrogens with zero attached hydrogens (tertiary/aromatic N) is 2. The second-order valence-corrected chi connectivity index (χ2v) is 13.4. The molecule has 0 spiro atoms. The summed E-state index contributed by atoms with van der Waals surface area (Å²) < 4.78 is 42.5. The van der Waals surface area contributed by atoms with Gasteiger partial charge in [-0.25, -0.2) is 12.8 Å². The maximum atomic E-state index is 14.1. The molecule has 0 aliphatic rings. The van der Waals surface area contributed by atoms with Crippen molar-refractivity contribution in [3.8, 4) is 0 Å². The summed E-state index contributed by atoms with van der Waals surface area (Å²) in [7, 11) is -4.31. The Morgan fingerprint density at radius 3 is 2.15 bits per heavy atom. The highest BCUT2D eigenvalue weighted by Crippen LogP contribution is 2.29. The van der Waals surface area contributed by atoms with Crippen LogP contribution in [0.2, 0.25) is 15.1 Å². The molecule has 7 nitrogen and oxygen atoms in total. The van der Waals surface area contributed by atoms with Crippen LogP contribution in [-0.4, -0.2) is 43.3 Å². The van der Waals surface area contributed by atoms with E-state index in [1.807, 2.05) is 20.8 Å². The molecule has 1 unspecified atom stereocenters. The van der Waals surface area contributed by atoms with E-state index in [1.54, 1.807) is 43.3 Å². The van der Waals surface area contributed by atoms with Crippen LogP contribution in [0.25, 0.3) is 0 Å². The van der Waals surface area contributed by atoms with Crippen molar-refractivity contribution in [1.82, 2.24) is 10.2 Å². The van der Waals surface area contributed by atoms with Crippen molar-refractivity contribution in [3.05, 3.63) is 93.2 Å². The lowest BCUT2D eigenvalue weighted by atomic mass is 10.1. The number of carbonyl (C=O) groups is 2. The Kier molecular flexibility index (Phi) is 10.7. The average molecular weight is 643 g/mol. The molecule has 3 aromatic carbocycles. The van der Waals surface area contributed by atoms with Crippen molar-refractivity contribution in [1.29, 1.82) is 0 Å². The number of benzene rings is 3. The first-order chi connectivity index (χ1) is 19.1. The Labute approximate surface area is 255 Å². The predicted molar refractivity (Wildman–Crippen MR) is 161 cm³/mol. The molecule has 0 aliphatic carbocycles. The van der Waals surface area contributed by atoms with Gasteiger partial charge in [-0.2, -0.15) is 0 Å². The fraction of sp³-hybridized carbons (Fsp3) is 0.310. The molecule has 1 N–H and O–H groups in total. The number of hydrogen-bond acceptors (Lipinski definition) is 4. The van der Waals surface area contributed by atoms with Crippen molar-refractivity contribution in [3.63, 3.8) is 0 Å². The van der Waals surface area contributed by atoms with Gasteiger partial charge in [-0.3, -0.25) is 13.9 Å². The molecule has 0 saturated carbocycles.